The monoisotopic (exact) mass is 398 g/mol. The van der Waals surface area contributed by atoms with E-state index in [1.54, 1.807) is 6.08 Å². The van der Waals surface area contributed by atoms with Gasteiger partial charge in [-0.05, 0) is 65.5 Å². The van der Waals surface area contributed by atoms with Crippen molar-refractivity contribution in [3.05, 3.63) is 107 Å². The lowest BCUT2D eigenvalue weighted by Gasteiger charge is -2.15. The molecule has 1 fully saturated rings. The molecule has 0 radical (unpaired) electrons. The van der Waals surface area contributed by atoms with Crippen molar-refractivity contribution < 1.29 is 14.6 Å². The summed E-state index contributed by atoms with van der Waals surface area (Å²) >= 11 is 0. The van der Waals surface area contributed by atoms with Gasteiger partial charge in [0.05, 0.1) is 0 Å². The number of hydrogen-bond donors (Lipinski definition) is 1. The summed E-state index contributed by atoms with van der Waals surface area (Å²) in [4.78, 5) is 10.9. The smallest absolute Gasteiger partial charge is 0.328 e. The molecular formula is C27H26O3. The quantitative estimate of drug-likeness (QED) is 0.472. The van der Waals surface area contributed by atoms with Crippen LogP contribution in [0.4, 0.5) is 0 Å². The van der Waals surface area contributed by atoms with Crippen molar-refractivity contribution in [2.24, 2.45) is 5.92 Å². The summed E-state index contributed by atoms with van der Waals surface area (Å²) in [6.45, 7) is 2.67. The Labute approximate surface area is 177 Å². The molecule has 0 amide bonds. The van der Waals surface area contributed by atoms with Gasteiger partial charge in [0, 0.05) is 6.08 Å². The molecule has 1 aliphatic carbocycles. The molecule has 0 heterocycles. The van der Waals surface area contributed by atoms with Crippen molar-refractivity contribution in [2.45, 2.75) is 32.3 Å². The third kappa shape index (κ3) is 4.80. The van der Waals surface area contributed by atoms with Crippen molar-refractivity contribution in [1.29, 1.82) is 0 Å². The van der Waals surface area contributed by atoms with E-state index in [1.165, 1.54) is 22.8 Å². The van der Waals surface area contributed by atoms with E-state index < -0.39 is 5.97 Å². The Hall–Kier alpha value is -3.33. The van der Waals surface area contributed by atoms with Crippen molar-refractivity contribution >= 4 is 12.0 Å². The van der Waals surface area contributed by atoms with Crippen LogP contribution in [0.5, 0.6) is 5.75 Å². The van der Waals surface area contributed by atoms with E-state index in [0.29, 0.717) is 18.4 Å². The van der Waals surface area contributed by atoms with Crippen molar-refractivity contribution in [3.63, 3.8) is 0 Å². The summed E-state index contributed by atoms with van der Waals surface area (Å²) < 4.78 is 6.27. The summed E-state index contributed by atoms with van der Waals surface area (Å²) in [6, 6.07) is 24.7. The zero-order valence-electron chi connectivity index (χ0n) is 17.1. The molecule has 0 aliphatic heterocycles. The second-order valence-corrected chi connectivity index (χ2v) is 7.94. The van der Waals surface area contributed by atoms with Gasteiger partial charge in [-0.3, -0.25) is 0 Å². The number of carboxylic acids is 1. The number of aryl methyl sites for hydroxylation is 1. The molecule has 30 heavy (non-hydrogen) atoms. The Balaban J connectivity index is 1.48. The van der Waals surface area contributed by atoms with E-state index in [1.807, 2.05) is 36.4 Å². The second kappa shape index (κ2) is 9.00. The van der Waals surface area contributed by atoms with Gasteiger partial charge in [0.25, 0.3) is 0 Å². The van der Waals surface area contributed by atoms with Crippen LogP contribution < -0.4 is 4.74 Å². The van der Waals surface area contributed by atoms with Crippen LogP contribution in [0.15, 0.2) is 78.9 Å². The topological polar surface area (TPSA) is 46.5 Å². The van der Waals surface area contributed by atoms with Crippen LogP contribution in [-0.4, -0.2) is 11.1 Å². The molecule has 0 spiro atoms. The van der Waals surface area contributed by atoms with Crippen LogP contribution in [0.2, 0.25) is 0 Å². The largest absolute Gasteiger partial charge is 0.488 e. The maximum absolute atomic E-state index is 10.9. The number of carboxylic acid groups (broad SMARTS) is 1. The van der Waals surface area contributed by atoms with Crippen LogP contribution in [0.25, 0.3) is 6.08 Å². The lowest BCUT2D eigenvalue weighted by Crippen LogP contribution is -2.01. The predicted molar refractivity (Wildman–Crippen MR) is 120 cm³/mol. The zero-order chi connectivity index (χ0) is 20.9. The fourth-order valence-corrected chi connectivity index (χ4v) is 4.07. The lowest BCUT2D eigenvalue weighted by molar-refractivity contribution is -0.131. The summed E-state index contributed by atoms with van der Waals surface area (Å²) in [6.07, 6.45) is 4.97. The molecule has 4 rings (SSSR count). The highest BCUT2D eigenvalue weighted by Crippen LogP contribution is 2.52. The fourth-order valence-electron chi connectivity index (χ4n) is 4.07. The van der Waals surface area contributed by atoms with Crippen LogP contribution >= 0.6 is 0 Å². The Morgan fingerprint density at radius 1 is 1.03 bits per heavy atom. The molecule has 0 bridgehead atoms. The van der Waals surface area contributed by atoms with Crippen molar-refractivity contribution in [3.8, 4) is 5.75 Å². The first-order valence-electron chi connectivity index (χ1n) is 10.4. The number of aliphatic carboxylic acids is 1. The Bertz CT molecular complexity index is 1050. The molecule has 2 atom stereocenters. The molecule has 152 valence electrons. The molecule has 3 aromatic rings. The van der Waals surface area contributed by atoms with E-state index in [9.17, 15) is 4.79 Å². The number of carbonyl (C=O) groups is 1. The number of hydrogen-bond acceptors (Lipinski definition) is 2. The number of ether oxygens (including phenoxy) is 1. The van der Waals surface area contributed by atoms with Gasteiger partial charge in [-0.15, -0.1) is 0 Å². The predicted octanol–water partition coefficient (Wildman–Crippen LogP) is 6.02. The second-order valence-electron chi connectivity index (χ2n) is 7.94. The van der Waals surface area contributed by atoms with E-state index >= 15 is 0 Å². The molecule has 1 saturated carbocycles. The molecular weight excluding hydrogens is 372 g/mol. The van der Waals surface area contributed by atoms with Crippen LogP contribution in [0.3, 0.4) is 0 Å². The SMILES string of the molecule is Cc1cccc(C2CC2Cc2ccccc2C=CC(=O)O)c1OCc1ccccc1. The number of para-hydroxylation sites is 1. The average Bonchev–Trinajstić information content (AvgIpc) is 3.51. The molecule has 3 aromatic carbocycles. The van der Waals surface area contributed by atoms with E-state index in [0.717, 1.165) is 29.7 Å². The van der Waals surface area contributed by atoms with Gasteiger partial charge in [-0.2, -0.15) is 0 Å². The maximum Gasteiger partial charge on any atom is 0.328 e. The summed E-state index contributed by atoms with van der Waals surface area (Å²) in [5.74, 6) is 1.11. The number of benzene rings is 3. The normalized spacial score (nSPS) is 17.8. The first kappa shape index (κ1) is 20.0. The first-order valence-corrected chi connectivity index (χ1v) is 10.4. The minimum Gasteiger partial charge on any atom is -0.488 e. The van der Waals surface area contributed by atoms with Gasteiger partial charge in [-0.1, -0.05) is 72.8 Å². The van der Waals surface area contributed by atoms with Gasteiger partial charge < -0.3 is 9.84 Å². The molecule has 0 aromatic heterocycles. The van der Waals surface area contributed by atoms with Crippen LogP contribution in [-0.2, 0) is 17.8 Å². The van der Waals surface area contributed by atoms with Crippen LogP contribution in [0.1, 0.15) is 40.2 Å². The van der Waals surface area contributed by atoms with Gasteiger partial charge in [0.15, 0.2) is 0 Å². The number of rotatable bonds is 8. The first-order chi connectivity index (χ1) is 14.6. The Kier molecular flexibility index (Phi) is 5.99. The van der Waals surface area contributed by atoms with Crippen molar-refractivity contribution in [1.82, 2.24) is 0 Å². The Morgan fingerprint density at radius 2 is 1.80 bits per heavy atom. The molecule has 3 nitrogen and oxygen atoms in total. The molecule has 2 unspecified atom stereocenters. The average molecular weight is 399 g/mol. The Morgan fingerprint density at radius 3 is 2.60 bits per heavy atom. The van der Waals surface area contributed by atoms with Gasteiger partial charge >= 0.3 is 5.97 Å². The van der Waals surface area contributed by atoms with Gasteiger partial charge in [0.1, 0.15) is 12.4 Å². The molecule has 1 aliphatic rings. The highest BCUT2D eigenvalue weighted by Gasteiger charge is 2.40. The van der Waals surface area contributed by atoms with Crippen LogP contribution in [0, 0.1) is 12.8 Å². The maximum atomic E-state index is 10.9. The highest BCUT2D eigenvalue weighted by molar-refractivity contribution is 5.85. The van der Waals surface area contributed by atoms with Gasteiger partial charge in [-0.25, -0.2) is 4.79 Å². The van der Waals surface area contributed by atoms with E-state index in [2.05, 4.69) is 43.3 Å². The molecule has 1 N–H and O–H groups in total. The molecule has 0 saturated heterocycles. The van der Waals surface area contributed by atoms with E-state index in [-0.39, 0.29) is 0 Å². The zero-order valence-corrected chi connectivity index (χ0v) is 17.1. The summed E-state index contributed by atoms with van der Waals surface area (Å²) in [5.41, 5.74) is 5.80. The third-order valence-corrected chi connectivity index (χ3v) is 5.73. The minimum atomic E-state index is -0.922. The van der Waals surface area contributed by atoms with E-state index in [4.69, 9.17) is 9.84 Å². The standard InChI is InChI=1S/C27H26O3/c1-19-8-7-13-24(27(19)30-18-20-9-3-2-4-10-20)25-17-23(25)16-22-12-6-5-11-21(22)14-15-26(28)29/h2-15,23,25H,16-18H2,1H3,(H,28,29). The summed E-state index contributed by atoms with van der Waals surface area (Å²) in [5, 5.41) is 8.94. The lowest BCUT2D eigenvalue weighted by atomic mass is 9.98. The third-order valence-electron chi connectivity index (χ3n) is 5.73. The minimum absolute atomic E-state index is 0.479. The van der Waals surface area contributed by atoms with Gasteiger partial charge in [0.2, 0.25) is 0 Å². The highest BCUT2D eigenvalue weighted by atomic mass is 16.5. The summed E-state index contributed by atoms with van der Waals surface area (Å²) in [7, 11) is 0. The molecule has 3 heteroatoms. The van der Waals surface area contributed by atoms with Crippen molar-refractivity contribution in [2.75, 3.05) is 0 Å². The fraction of sp³-hybridized carbons (Fsp3) is 0.222.